The van der Waals surface area contributed by atoms with E-state index >= 15 is 0 Å². The van der Waals surface area contributed by atoms with Gasteiger partial charge in [0.05, 0.1) is 6.10 Å². The van der Waals surface area contributed by atoms with Gasteiger partial charge in [-0.05, 0) is 20.3 Å². The molecule has 1 N–H and O–H groups in total. The number of hydrogen-bond acceptors (Lipinski definition) is 7. The number of rotatable bonds is 9. The maximum absolute atomic E-state index is 10.8. The van der Waals surface area contributed by atoms with Gasteiger partial charge in [-0.25, -0.2) is 0 Å². The molecule has 5 nitrogen and oxygen atoms in total. The van der Waals surface area contributed by atoms with Crippen LogP contribution in [-0.4, -0.2) is 45.5 Å². The van der Waals surface area contributed by atoms with Crippen LogP contribution in [0.1, 0.15) is 48.0 Å². The third kappa shape index (κ3) is 27.1. The van der Waals surface area contributed by atoms with E-state index in [2.05, 4.69) is 6.58 Å². The van der Waals surface area contributed by atoms with Crippen LogP contribution in [0.3, 0.4) is 0 Å². The Morgan fingerprint density at radius 2 is 1.63 bits per heavy atom. The normalized spacial score (nSPS) is 14.3. The highest BCUT2D eigenvalue weighted by Gasteiger charge is 2.22. The van der Waals surface area contributed by atoms with E-state index in [1.54, 1.807) is 13.8 Å². The van der Waals surface area contributed by atoms with Crippen molar-refractivity contribution in [3.05, 3.63) is 24.8 Å². The Hall–Kier alpha value is -1.18. The van der Waals surface area contributed by atoms with Crippen LogP contribution >= 0.6 is 23.5 Å². The second-order valence-electron chi connectivity index (χ2n) is 6.22. The van der Waals surface area contributed by atoms with E-state index < -0.39 is 5.41 Å². The molecule has 0 saturated carbocycles. The molecule has 0 heterocycles. The summed E-state index contributed by atoms with van der Waals surface area (Å²) in [6.07, 6.45) is 7.48. The molecule has 0 aromatic heterocycles. The average molecular weight is 419 g/mol. The molecule has 0 bridgehead atoms. The fourth-order valence-corrected chi connectivity index (χ4v) is 2.38. The third-order valence-corrected chi connectivity index (χ3v) is 5.14. The fraction of sp³-hybridized carbons (Fsp3) is 0.600. The highest BCUT2D eigenvalue weighted by atomic mass is 32.2. The SMILES string of the molecule is C=CC(C)O.CC(=O)SCC(C)C=O.CC=CCC(C)(C=O)CSC(C)=O. The molecule has 7 heteroatoms. The molecule has 0 aromatic carbocycles. The second kappa shape index (κ2) is 19.6. The van der Waals surface area contributed by atoms with E-state index in [0.717, 1.165) is 12.6 Å². The molecule has 0 aliphatic heterocycles. The van der Waals surface area contributed by atoms with Crippen molar-refractivity contribution < 1.29 is 24.3 Å². The van der Waals surface area contributed by atoms with Crippen LogP contribution in [0.25, 0.3) is 0 Å². The summed E-state index contributed by atoms with van der Waals surface area (Å²) in [6.45, 7) is 13.6. The Labute approximate surface area is 172 Å². The summed E-state index contributed by atoms with van der Waals surface area (Å²) in [5, 5.41) is 8.38. The van der Waals surface area contributed by atoms with Gasteiger partial charge in [-0.1, -0.05) is 55.6 Å². The van der Waals surface area contributed by atoms with Gasteiger partial charge in [0, 0.05) is 36.7 Å². The van der Waals surface area contributed by atoms with Crippen LogP contribution in [0.2, 0.25) is 0 Å². The van der Waals surface area contributed by atoms with Crippen LogP contribution in [0.5, 0.6) is 0 Å². The summed E-state index contributed by atoms with van der Waals surface area (Å²) >= 11 is 2.40. The van der Waals surface area contributed by atoms with Crippen LogP contribution in [-0.2, 0) is 19.2 Å². The van der Waals surface area contributed by atoms with Crippen LogP contribution in [0.4, 0.5) is 0 Å². The number of aliphatic hydroxyl groups excluding tert-OH is 1. The van der Waals surface area contributed by atoms with E-state index in [1.807, 2.05) is 26.0 Å². The number of thioether (sulfide) groups is 2. The average Bonchev–Trinajstić information content (AvgIpc) is 2.63. The van der Waals surface area contributed by atoms with Crippen molar-refractivity contribution in [3.63, 3.8) is 0 Å². The smallest absolute Gasteiger partial charge is 0.185 e. The van der Waals surface area contributed by atoms with Gasteiger partial charge < -0.3 is 14.7 Å². The van der Waals surface area contributed by atoms with Crippen LogP contribution < -0.4 is 0 Å². The van der Waals surface area contributed by atoms with Gasteiger partial charge in [-0.15, -0.1) is 6.58 Å². The molecular weight excluding hydrogens is 384 g/mol. The lowest BCUT2D eigenvalue weighted by atomic mass is 9.91. The Kier molecular flexibility index (Phi) is 22.1. The molecule has 3 atom stereocenters. The minimum absolute atomic E-state index is 0.00102. The number of carbonyl (C=O) groups excluding carboxylic acids is 4. The Balaban J connectivity index is -0.000000356. The molecule has 0 aliphatic carbocycles. The summed E-state index contributed by atoms with van der Waals surface area (Å²) in [5.41, 5.74) is -0.400. The highest BCUT2D eigenvalue weighted by Crippen LogP contribution is 2.24. The number of aldehydes is 2. The Morgan fingerprint density at radius 3 is 1.93 bits per heavy atom. The van der Waals surface area contributed by atoms with Gasteiger partial charge in [0.1, 0.15) is 12.6 Å². The van der Waals surface area contributed by atoms with Gasteiger partial charge in [0.15, 0.2) is 10.2 Å². The van der Waals surface area contributed by atoms with Crippen molar-refractivity contribution in [3.8, 4) is 0 Å². The number of aliphatic hydroxyl groups is 1. The van der Waals surface area contributed by atoms with Crippen molar-refractivity contribution in [2.45, 2.75) is 54.1 Å². The first-order chi connectivity index (χ1) is 12.5. The molecule has 0 saturated heterocycles. The largest absolute Gasteiger partial charge is 0.389 e. The van der Waals surface area contributed by atoms with Crippen molar-refractivity contribution in [1.29, 1.82) is 0 Å². The summed E-state index contributed by atoms with van der Waals surface area (Å²) < 4.78 is 0. The lowest BCUT2D eigenvalue weighted by Crippen LogP contribution is -2.21. The first kappa shape index (κ1) is 30.5. The highest BCUT2D eigenvalue weighted by molar-refractivity contribution is 8.13. The van der Waals surface area contributed by atoms with Crippen molar-refractivity contribution in [1.82, 2.24) is 0 Å². The third-order valence-electron chi connectivity index (χ3n) is 2.83. The number of allylic oxidation sites excluding steroid dienone is 2. The Bertz CT molecular complexity index is 475. The first-order valence-electron chi connectivity index (χ1n) is 8.58. The lowest BCUT2D eigenvalue weighted by Gasteiger charge is -2.19. The second-order valence-corrected chi connectivity index (χ2v) is 8.57. The zero-order chi connectivity index (χ0) is 21.9. The minimum Gasteiger partial charge on any atom is -0.389 e. The van der Waals surface area contributed by atoms with Gasteiger partial charge in [0.25, 0.3) is 0 Å². The zero-order valence-electron chi connectivity index (χ0n) is 17.3. The topological polar surface area (TPSA) is 88.5 Å². The number of hydrogen-bond donors (Lipinski definition) is 1. The molecule has 156 valence electrons. The molecule has 0 aliphatic rings. The Morgan fingerprint density at radius 1 is 1.15 bits per heavy atom. The van der Waals surface area contributed by atoms with E-state index in [9.17, 15) is 19.2 Å². The predicted octanol–water partition coefficient (Wildman–Crippen LogP) is 4.09. The van der Waals surface area contributed by atoms with Crippen molar-refractivity contribution in [2.75, 3.05) is 11.5 Å². The predicted molar refractivity (Wildman–Crippen MR) is 117 cm³/mol. The molecule has 0 rings (SSSR count). The first-order valence-corrected chi connectivity index (χ1v) is 10.5. The lowest BCUT2D eigenvalue weighted by molar-refractivity contribution is -0.114. The molecule has 0 amide bonds. The zero-order valence-corrected chi connectivity index (χ0v) is 18.9. The fourth-order valence-electron chi connectivity index (χ4n) is 1.08. The molecule has 3 unspecified atom stereocenters. The summed E-state index contributed by atoms with van der Waals surface area (Å²) in [7, 11) is 0. The molecule has 27 heavy (non-hydrogen) atoms. The molecule has 0 radical (unpaired) electrons. The minimum atomic E-state index is -0.400. The van der Waals surface area contributed by atoms with E-state index in [-0.39, 0.29) is 22.3 Å². The van der Waals surface area contributed by atoms with Gasteiger partial charge in [-0.3, -0.25) is 9.59 Å². The van der Waals surface area contributed by atoms with Gasteiger partial charge in [0.2, 0.25) is 0 Å². The summed E-state index contributed by atoms with van der Waals surface area (Å²) in [4.78, 5) is 41.8. The molecule has 0 aromatic rings. The van der Waals surface area contributed by atoms with Crippen LogP contribution in [0.15, 0.2) is 24.8 Å². The molecular formula is C20H34O5S2. The summed E-state index contributed by atoms with van der Waals surface area (Å²) in [6, 6.07) is 0. The maximum Gasteiger partial charge on any atom is 0.185 e. The van der Waals surface area contributed by atoms with Crippen LogP contribution in [0, 0.1) is 11.3 Å². The molecule has 0 fully saturated rings. The maximum atomic E-state index is 10.8. The summed E-state index contributed by atoms with van der Waals surface area (Å²) in [5.74, 6) is 1.17. The van der Waals surface area contributed by atoms with E-state index in [4.69, 9.17) is 5.11 Å². The van der Waals surface area contributed by atoms with E-state index in [1.165, 1.54) is 43.4 Å². The number of carbonyl (C=O) groups is 4. The monoisotopic (exact) mass is 418 g/mol. The van der Waals surface area contributed by atoms with E-state index in [0.29, 0.717) is 17.9 Å². The molecule has 0 spiro atoms. The van der Waals surface area contributed by atoms with Crippen molar-refractivity contribution in [2.24, 2.45) is 11.3 Å². The van der Waals surface area contributed by atoms with Gasteiger partial charge >= 0.3 is 0 Å². The van der Waals surface area contributed by atoms with Crippen molar-refractivity contribution >= 4 is 46.3 Å². The standard InChI is InChI=1S/C10H16O2S.C6H10O2S.C4H8O/c1-4-5-6-10(3,7-11)8-13-9(2)12;1-5(3-7)4-9-6(2)8;1-3-4(2)5/h4-5,7H,6,8H2,1-3H3;3,5H,4H2,1-2H3;3-5H,1H2,2H3. The quantitative estimate of drug-likeness (QED) is 0.445. The van der Waals surface area contributed by atoms with Gasteiger partial charge in [-0.2, -0.15) is 0 Å².